The smallest absolute Gasteiger partial charge is 0.0991 e. The molecule has 1 saturated heterocycles. The van der Waals surface area contributed by atoms with Gasteiger partial charge in [0.2, 0.25) is 0 Å². The second kappa shape index (κ2) is 7.27. The molecule has 3 aromatic rings. The molecule has 0 amide bonds. The largest absolute Gasteiger partial charge is 0.312 e. The average Bonchev–Trinajstić information content (AvgIpc) is 3.37. The molecule has 1 fully saturated rings. The normalized spacial score (nSPS) is 20.5. The monoisotopic (exact) mass is 339 g/mol. The van der Waals surface area contributed by atoms with Crippen molar-refractivity contribution in [2.24, 2.45) is 5.92 Å². The Labute approximate surface area is 145 Å². The zero-order valence-corrected chi connectivity index (χ0v) is 14.2. The molecular weight excluding hydrogens is 318 g/mol. The molecule has 3 N–H and O–H groups in total. The Hall–Kier alpha value is -1.99. The zero-order valence-electron chi connectivity index (χ0n) is 13.4. The minimum Gasteiger partial charge on any atom is -0.312 e. The summed E-state index contributed by atoms with van der Waals surface area (Å²) in [6.45, 7) is 2.81. The summed E-state index contributed by atoms with van der Waals surface area (Å²) in [7, 11) is 0. The van der Waals surface area contributed by atoms with Crippen molar-refractivity contribution in [3.05, 3.63) is 70.9 Å². The summed E-state index contributed by atoms with van der Waals surface area (Å²) >= 11 is 1.81. The molecule has 6 heteroatoms. The lowest BCUT2D eigenvalue weighted by atomic mass is 10.0. The van der Waals surface area contributed by atoms with Crippen molar-refractivity contribution in [1.82, 2.24) is 25.7 Å². The fourth-order valence-corrected chi connectivity index (χ4v) is 4.07. The Bertz CT molecular complexity index is 754. The molecule has 0 radical (unpaired) electrons. The maximum atomic E-state index is 4.15. The summed E-state index contributed by atoms with van der Waals surface area (Å²) in [4.78, 5) is 5.54. The Kier molecular flexibility index (Phi) is 4.71. The van der Waals surface area contributed by atoms with E-state index >= 15 is 0 Å². The topological polar surface area (TPSA) is 53.9 Å². The predicted octanol–water partition coefficient (Wildman–Crippen LogP) is 2.49. The number of benzene rings is 1. The molecule has 1 aliphatic rings. The van der Waals surface area contributed by atoms with Crippen LogP contribution >= 0.6 is 11.3 Å². The first-order chi connectivity index (χ1) is 11.9. The molecule has 0 saturated carbocycles. The second-order valence-electron chi connectivity index (χ2n) is 6.01. The van der Waals surface area contributed by atoms with E-state index in [1.165, 1.54) is 16.1 Å². The molecule has 2 aromatic heterocycles. The third kappa shape index (κ3) is 3.27. The summed E-state index contributed by atoms with van der Waals surface area (Å²) in [5.74, 6) is 0.545. The number of para-hydroxylation sites is 1. The Morgan fingerprint density at radius 2 is 2.21 bits per heavy atom. The van der Waals surface area contributed by atoms with Crippen LogP contribution < -0.4 is 16.2 Å². The van der Waals surface area contributed by atoms with Crippen LogP contribution in [0.5, 0.6) is 0 Å². The first-order valence-corrected chi connectivity index (χ1v) is 9.08. The van der Waals surface area contributed by atoms with Crippen LogP contribution in [0.4, 0.5) is 0 Å². The van der Waals surface area contributed by atoms with Gasteiger partial charge in [-0.1, -0.05) is 24.3 Å². The van der Waals surface area contributed by atoms with Gasteiger partial charge in [0, 0.05) is 42.8 Å². The van der Waals surface area contributed by atoms with Crippen LogP contribution in [0.3, 0.4) is 0 Å². The van der Waals surface area contributed by atoms with E-state index in [1.807, 2.05) is 30.1 Å². The first-order valence-electron chi connectivity index (χ1n) is 8.20. The molecule has 124 valence electrons. The molecule has 4 rings (SSSR count). The number of nitrogens with one attached hydrogen (secondary N) is 3. The van der Waals surface area contributed by atoms with Gasteiger partial charge in [-0.2, -0.15) is 0 Å². The highest BCUT2D eigenvalue weighted by molar-refractivity contribution is 7.10. The highest BCUT2D eigenvalue weighted by Gasteiger charge is 2.28. The fraction of sp³-hybridized carbons (Fsp3) is 0.278. The molecule has 3 heterocycles. The van der Waals surface area contributed by atoms with E-state index in [4.69, 9.17) is 0 Å². The van der Waals surface area contributed by atoms with Gasteiger partial charge in [0.05, 0.1) is 18.1 Å². The van der Waals surface area contributed by atoms with E-state index in [1.54, 1.807) is 0 Å². The van der Waals surface area contributed by atoms with E-state index in [9.17, 15) is 0 Å². The van der Waals surface area contributed by atoms with Crippen molar-refractivity contribution < 1.29 is 0 Å². The lowest BCUT2D eigenvalue weighted by molar-refractivity contribution is 0.446. The van der Waals surface area contributed by atoms with Crippen LogP contribution in [-0.4, -0.2) is 22.6 Å². The van der Waals surface area contributed by atoms with Crippen molar-refractivity contribution in [2.75, 3.05) is 13.1 Å². The van der Waals surface area contributed by atoms with Crippen molar-refractivity contribution in [3.8, 4) is 5.69 Å². The van der Waals surface area contributed by atoms with E-state index in [2.05, 4.69) is 67.5 Å². The third-order valence-electron chi connectivity index (χ3n) is 4.44. The second-order valence-corrected chi connectivity index (χ2v) is 6.99. The number of nitrogens with zero attached hydrogens (tertiary/aromatic N) is 2. The van der Waals surface area contributed by atoms with Gasteiger partial charge in [0.25, 0.3) is 0 Å². The standard InChI is InChI=1S/C18H21N5S/c1-2-5-16(23-8-7-19-13-23)14(4-1)10-20-11-15-12-21-22-18(15)17-6-3-9-24-17/h1-9,13,15,18,20-22H,10-12H2. The minimum atomic E-state index is 0.390. The summed E-state index contributed by atoms with van der Waals surface area (Å²) in [6.07, 6.45) is 5.64. The number of aromatic nitrogens is 2. The molecule has 0 bridgehead atoms. The highest BCUT2D eigenvalue weighted by Crippen LogP contribution is 2.28. The van der Waals surface area contributed by atoms with Crippen LogP contribution in [0.1, 0.15) is 16.5 Å². The minimum absolute atomic E-state index is 0.390. The van der Waals surface area contributed by atoms with Crippen molar-refractivity contribution in [2.45, 2.75) is 12.6 Å². The van der Waals surface area contributed by atoms with Gasteiger partial charge in [-0.3, -0.25) is 5.43 Å². The van der Waals surface area contributed by atoms with E-state index in [-0.39, 0.29) is 0 Å². The number of rotatable bonds is 6. The number of thiophene rings is 1. The van der Waals surface area contributed by atoms with Crippen LogP contribution in [0.25, 0.3) is 5.69 Å². The Morgan fingerprint density at radius 3 is 3.04 bits per heavy atom. The third-order valence-corrected chi connectivity index (χ3v) is 5.39. The number of hydrogen-bond donors (Lipinski definition) is 3. The van der Waals surface area contributed by atoms with Crippen molar-refractivity contribution in [1.29, 1.82) is 0 Å². The zero-order chi connectivity index (χ0) is 16.2. The molecule has 2 atom stereocenters. The average molecular weight is 339 g/mol. The van der Waals surface area contributed by atoms with Gasteiger partial charge in [0.1, 0.15) is 0 Å². The molecule has 0 spiro atoms. The summed E-state index contributed by atoms with van der Waals surface area (Å²) in [5, 5.41) is 5.77. The lowest BCUT2D eigenvalue weighted by Crippen LogP contribution is -2.28. The van der Waals surface area contributed by atoms with E-state index in [0.29, 0.717) is 12.0 Å². The quantitative estimate of drug-likeness (QED) is 0.646. The predicted molar refractivity (Wildman–Crippen MR) is 97.0 cm³/mol. The molecule has 0 aliphatic carbocycles. The SMILES string of the molecule is c1csc(C2NNCC2CNCc2ccccc2-n2ccnc2)c1. The van der Waals surface area contributed by atoms with Crippen molar-refractivity contribution in [3.63, 3.8) is 0 Å². The molecule has 2 unspecified atom stereocenters. The summed E-state index contributed by atoms with van der Waals surface area (Å²) < 4.78 is 2.06. The van der Waals surface area contributed by atoms with Crippen molar-refractivity contribution >= 4 is 11.3 Å². The molecular formula is C18H21N5S. The molecule has 1 aromatic carbocycles. The van der Waals surface area contributed by atoms with Gasteiger partial charge >= 0.3 is 0 Å². The van der Waals surface area contributed by atoms with Crippen LogP contribution in [0.15, 0.2) is 60.5 Å². The maximum absolute atomic E-state index is 4.15. The summed E-state index contributed by atoms with van der Waals surface area (Å²) in [6, 6.07) is 13.2. The number of hydrogen-bond acceptors (Lipinski definition) is 5. The molecule has 1 aliphatic heterocycles. The first kappa shape index (κ1) is 15.5. The maximum Gasteiger partial charge on any atom is 0.0991 e. The van der Waals surface area contributed by atoms with E-state index < -0.39 is 0 Å². The number of imidazole rings is 1. The van der Waals surface area contributed by atoms with Crippen LogP contribution in [0.2, 0.25) is 0 Å². The Morgan fingerprint density at radius 1 is 1.25 bits per heavy atom. The van der Waals surface area contributed by atoms with Crippen LogP contribution in [-0.2, 0) is 6.54 Å². The lowest BCUT2D eigenvalue weighted by Gasteiger charge is -2.18. The summed E-state index contributed by atoms with van der Waals surface area (Å²) in [5.41, 5.74) is 9.16. The fourth-order valence-electron chi connectivity index (χ4n) is 3.20. The number of hydrazine groups is 1. The molecule has 24 heavy (non-hydrogen) atoms. The van der Waals surface area contributed by atoms with Gasteiger partial charge in [0.15, 0.2) is 0 Å². The van der Waals surface area contributed by atoms with Crippen LogP contribution in [0, 0.1) is 5.92 Å². The van der Waals surface area contributed by atoms with Gasteiger partial charge in [-0.05, 0) is 23.1 Å². The highest BCUT2D eigenvalue weighted by atomic mass is 32.1. The Balaban J connectivity index is 1.40. The van der Waals surface area contributed by atoms with E-state index in [0.717, 1.165) is 19.6 Å². The van der Waals surface area contributed by atoms with Gasteiger partial charge in [-0.15, -0.1) is 11.3 Å². The van der Waals surface area contributed by atoms with Gasteiger partial charge in [-0.25, -0.2) is 10.4 Å². The van der Waals surface area contributed by atoms with Gasteiger partial charge < -0.3 is 9.88 Å². The molecule has 5 nitrogen and oxygen atoms in total.